The Bertz CT molecular complexity index is 566. The minimum absolute atomic E-state index is 0.173. The first-order valence-electron chi connectivity index (χ1n) is 7.29. The minimum Gasteiger partial charge on any atom is -0.807 e. The first kappa shape index (κ1) is 19.6. The van der Waals surface area contributed by atoms with Crippen LogP contribution in [0.1, 0.15) is 49.9 Å². The van der Waals surface area contributed by atoms with Crippen LogP contribution in [0.5, 0.6) is 0 Å². The Labute approximate surface area is 130 Å². The summed E-state index contributed by atoms with van der Waals surface area (Å²) >= 11 is 0. The van der Waals surface area contributed by atoms with Crippen molar-refractivity contribution in [1.82, 2.24) is 0 Å². The molecule has 1 aromatic carbocycles. The van der Waals surface area contributed by atoms with Gasteiger partial charge in [0.25, 0.3) is 0 Å². The molecule has 0 amide bonds. The van der Waals surface area contributed by atoms with Gasteiger partial charge in [-0.05, 0) is 73.7 Å². The van der Waals surface area contributed by atoms with Gasteiger partial charge in [0.15, 0.2) is 0 Å². The van der Waals surface area contributed by atoms with E-state index in [1.165, 1.54) is 0 Å². The van der Waals surface area contributed by atoms with Crippen LogP contribution >= 0.6 is 15.2 Å². The normalized spacial score (nSPS) is 12.7. The van der Waals surface area contributed by atoms with E-state index in [0.717, 1.165) is 0 Å². The van der Waals surface area contributed by atoms with Crippen LogP contribution in [0.3, 0.4) is 0 Å². The largest absolute Gasteiger partial charge is 0.807 e. The summed E-state index contributed by atoms with van der Waals surface area (Å²) in [6, 6.07) is 0. The van der Waals surface area contributed by atoms with Gasteiger partial charge in [0.1, 0.15) is 0 Å². The Morgan fingerprint density at radius 3 is 0.864 bits per heavy atom. The molecule has 6 nitrogen and oxygen atoms in total. The smallest absolute Gasteiger partial charge is 0.00871 e. The van der Waals surface area contributed by atoms with E-state index in [1.807, 2.05) is 0 Å². The van der Waals surface area contributed by atoms with Gasteiger partial charge in [-0.1, -0.05) is 27.7 Å². The monoisotopic (exact) mass is 346 g/mol. The molecule has 0 heterocycles. The highest BCUT2D eigenvalue weighted by Gasteiger charge is 2.23. The summed E-state index contributed by atoms with van der Waals surface area (Å²) in [5.41, 5.74) is 0.692. The summed E-state index contributed by atoms with van der Waals surface area (Å²) in [6.45, 7) is 6.57. The summed E-state index contributed by atoms with van der Waals surface area (Å²) in [4.78, 5) is 46.9. The maximum Gasteiger partial charge on any atom is -0.00871 e. The molecule has 1 rings (SSSR count). The molecule has 0 bridgehead atoms. The van der Waals surface area contributed by atoms with E-state index >= 15 is 0 Å². The van der Waals surface area contributed by atoms with Crippen molar-refractivity contribution in [2.75, 3.05) is 0 Å². The molecule has 0 N–H and O–H groups in total. The quantitative estimate of drug-likeness (QED) is 0.609. The van der Waals surface area contributed by atoms with Gasteiger partial charge in [-0.2, -0.15) is 0 Å². The molecule has 22 heavy (non-hydrogen) atoms. The highest BCUT2D eigenvalue weighted by Crippen LogP contribution is 2.36. The van der Waals surface area contributed by atoms with E-state index in [9.17, 15) is 28.7 Å². The molecule has 0 fully saturated rings. The fourth-order valence-electron chi connectivity index (χ4n) is 3.12. The molecule has 8 heteroatoms. The molecular formula is C14H20O6P2-4. The second-order valence-corrected chi connectivity index (χ2v) is 7.90. The molecule has 0 aliphatic heterocycles. The van der Waals surface area contributed by atoms with Gasteiger partial charge < -0.3 is 28.7 Å². The molecule has 0 spiro atoms. The third kappa shape index (κ3) is 3.53. The van der Waals surface area contributed by atoms with Crippen molar-refractivity contribution in [3.05, 3.63) is 22.3 Å². The van der Waals surface area contributed by atoms with Gasteiger partial charge in [-0.25, -0.2) is 0 Å². The highest BCUT2D eigenvalue weighted by molar-refractivity contribution is 7.58. The average molecular weight is 346 g/mol. The molecule has 0 aliphatic carbocycles. The Kier molecular flexibility index (Phi) is 6.19. The molecule has 0 radical (unpaired) electrons. The third-order valence-corrected chi connectivity index (χ3v) is 6.01. The Balaban J connectivity index is 4.16. The number of hydrogen-bond acceptors (Lipinski definition) is 6. The Hall–Kier alpha value is -0.480. The van der Waals surface area contributed by atoms with Crippen molar-refractivity contribution in [3.63, 3.8) is 0 Å². The molecule has 1 aromatic rings. The summed E-state index contributed by atoms with van der Waals surface area (Å²) in [5.74, 6) is 0. The van der Waals surface area contributed by atoms with Crippen LogP contribution < -0.4 is 30.2 Å². The summed E-state index contributed by atoms with van der Waals surface area (Å²) in [5, 5.41) is -0.633. The first-order valence-corrected chi connectivity index (χ1v) is 10.4. The molecule has 0 atom stereocenters. The van der Waals surface area contributed by atoms with E-state index in [4.69, 9.17) is 0 Å². The van der Waals surface area contributed by atoms with Crippen LogP contribution in [-0.4, -0.2) is 0 Å². The van der Waals surface area contributed by atoms with Gasteiger partial charge >= 0.3 is 0 Å². The van der Waals surface area contributed by atoms with Crippen LogP contribution in [0.25, 0.3) is 0 Å². The first-order chi connectivity index (χ1) is 10.0. The summed E-state index contributed by atoms with van der Waals surface area (Å²) in [7, 11) is -10.1. The second kappa shape index (κ2) is 6.96. The fourth-order valence-corrected chi connectivity index (χ4v) is 5.62. The summed E-state index contributed by atoms with van der Waals surface area (Å²) in [6.07, 6.45) is 0.710. The van der Waals surface area contributed by atoms with E-state index in [1.54, 1.807) is 27.7 Å². The molecule has 0 unspecified atom stereocenters. The second-order valence-electron chi connectivity index (χ2n) is 5.02. The molecule has 0 aliphatic rings. The Morgan fingerprint density at radius 2 is 0.773 bits per heavy atom. The van der Waals surface area contributed by atoms with Crippen molar-refractivity contribution >= 4 is 25.8 Å². The molecule has 0 aromatic heterocycles. The van der Waals surface area contributed by atoms with Gasteiger partial charge in [0.05, 0.1) is 0 Å². The van der Waals surface area contributed by atoms with Crippen molar-refractivity contribution in [2.45, 2.75) is 53.4 Å². The van der Waals surface area contributed by atoms with Crippen molar-refractivity contribution in [3.8, 4) is 0 Å². The maximum atomic E-state index is 11.7. The fraction of sp³-hybridized carbons (Fsp3) is 0.571. The van der Waals surface area contributed by atoms with Gasteiger partial charge in [-0.15, -0.1) is 0 Å². The topological polar surface area (TPSA) is 126 Å². The molecule has 126 valence electrons. The third-order valence-electron chi connectivity index (χ3n) is 3.83. The van der Waals surface area contributed by atoms with E-state index in [-0.39, 0.29) is 58.5 Å². The van der Waals surface area contributed by atoms with Crippen LogP contribution in [0.15, 0.2) is 0 Å². The molecule has 0 saturated heterocycles. The van der Waals surface area contributed by atoms with Crippen LogP contribution in [-0.2, 0) is 34.8 Å². The minimum atomic E-state index is -5.07. The SMILES string of the molecule is CCc1c(CC)c(P(=O)([O-])[O-])c(CC)c(CC)c1P(=O)([O-])[O-]. The zero-order valence-corrected chi connectivity index (χ0v) is 15.0. The maximum absolute atomic E-state index is 11.7. The van der Waals surface area contributed by atoms with Crippen molar-refractivity contribution in [1.29, 1.82) is 0 Å². The number of rotatable bonds is 6. The van der Waals surface area contributed by atoms with E-state index < -0.39 is 15.2 Å². The average Bonchev–Trinajstić information content (AvgIpc) is 2.41. The molecular weight excluding hydrogens is 326 g/mol. The van der Waals surface area contributed by atoms with Gasteiger partial charge in [-0.3, -0.25) is 0 Å². The van der Waals surface area contributed by atoms with Crippen LogP contribution in [0.4, 0.5) is 0 Å². The van der Waals surface area contributed by atoms with Gasteiger partial charge in [0, 0.05) is 0 Å². The highest BCUT2D eigenvalue weighted by atomic mass is 31.2. The van der Waals surface area contributed by atoms with Crippen LogP contribution in [0, 0.1) is 0 Å². The predicted molar refractivity (Wildman–Crippen MR) is 78.4 cm³/mol. The zero-order chi connectivity index (χ0) is 17.3. The predicted octanol–water partition coefficient (Wildman–Crippen LogP) is -0.986. The van der Waals surface area contributed by atoms with Crippen LogP contribution in [0.2, 0.25) is 0 Å². The summed E-state index contributed by atoms with van der Waals surface area (Å²) < 4.78 is 23.5. The van der Waals surface area contributed by atoms with Crippen molar-refractivity contribution in [2.24, 2.45) is 0 Å². The van der Waals surface area contributed by atoms with E-state index in [2.05, 4.69) is 0 Å². The lowest BCUT2D eigenvalue weighted by atomic mass is 9.92. The molecule has 0 saturated carbocycles. The zero-order valence-electron chi connectivity index (χ0n) is 13.2. The Morgan fingerprint density at radius 1 is 0.591 bits per heavy atom. The number of hydrogen-bond donors (Lipinski definition) is 0. The van der Waals surface area contributed by atoms with Crippen molar-refractivity contribution < 1.29 is 28.7 Å². The standard InChI is InChI=1S/C14H24O6P2/c1-5-9-10(6-2)14(22(18,19)20)12(8-4)11(7-3)13(9)21(15,16)17/h5-8H2,1-4H3,(H2,15,16,17)(H2,18,19,20)/p-4. The lowest BCUT2D eigenvalue weighted by molar-refractivity contribution is -0.310. The van der Waals surface area contributed by atoms with E-state index in [0.29, 0.717) is 0 Å². The number of benzene rings is 1. The van der Waals surface area contributed by atoms with Gasteiger partial charge in [0.2, 0.25) is 0 Å². The lowest BCUT2D eigenvalue weighted by Crippen LogP contribution is -2.39. The lowest BCUT2D eigenvalue weighted by Gasteiger charge is -2.41.